The van der Waals surface area contributed by atoms with Gasteiger partial charge >= 0.3 is 0 Å². The summed E-state index contributed by atoms with van der Waals surface area (Å²) in [7, 11) is 3.80. The summed E-state index contributed by atoms with van der Waals surface area (Å²) < 4.78 is 7.10. The second kappa shape index (κ2) is 7.84. The number of para-hydroxylation sites is 1. The highest BCUT2D eigenvalue weighted by Gasteiger charge is 2.35. The maximum atomic E-state index is 6.20. The van der Waals surface area contributed by atoms with Gasteiger partial charge in [0.2, 0.25) is 5.95 Å². The molecule has 0 spiro atoms. The smallest absolute Gasteiger partial charge is 0.223 e. The van der Waals surface area contributed by atoms with E-state index in [1.54, 1.807) is 11.6 Å². The lowest BCUT2D eigenvalue weighted by Gasteiger charge is -2.35. The van der Waals surface area contributed by atoms with Crippen LogP contribution in [0.1, 0.15) is 36.1 Å². The Morgan fingerprint density at radius 3 is 2.55 bits per heavy atom. The molecule has 9 heteroatoms. The molecule has 0 atom stereocenters. The van der Waals surface area contributed by atoms with Gasteiger partial charge in [0.1, 0.15) is 17.1 Å². The molecule has 170 valence electrons. The second-order valence-corrected chi connectivity index (χ2v) is 9.14. The van der Waals surface area contributed by atoms with E-state index in [9.17, 15) is 0 Å². The minimum atomic E-state index is 0.312. The Hall–Kier alpha value is -3.46. The van der Waals surface area contributed by atoms with E-state index >= 15 is 0 Å². The Morgan fingerprint density at radius 2 is 1.82 bits per heavy atom. The molecule has 1 saturated heterocycles. The molecule has 4 aromatic rings. The van der Waals surface area contributed by atoms with Gasteiger partial charge in [0.25, 0.3) is 0 Å². The molecule has 2 N–H and O–H groups in total. The van der Waals surface area contributed by atoms with Crippen molar-refractivity contribution in [3.05, 3.63) is 47.9 Å². The number of pyridine rings is 1. The van der Waals surface area contributed by atoms with E-state index in [-0.39, 0.29) is 0 Å². The minimum absolute atomic E-state index is 0.312. The Balaban J connectivity index is 1.20. The second-order valence-electron chi connectivity index (χ2n) is 9.14. The molecule has 1 aliphatic heterocycles. The largest absolute Gasteiger partial charge is 0.494 e. The predicted octanol–water partition coefficient (Wildman–Crippen LogP) is 2.68. The number of hydrogen-bond donors (Lipinski definition) is 1. The number of hydrogen-bond acceptors (Lipinski definition) is 8. The Labute approximate surface area is 192 Å². The van der Waals surface area contributed by atoms with Gasteiger partial charge in [-0.3, -0.25) is 0 Å². The third-order valence-electron chi connectivity index (χ3n) is 7.10. The van der Waals surface area contributed by atoms with E-state index < -0.39 is 0 Å². The van der Waals surface area contributed by atoms with E-state index in [2.05, 4.69) is 34.0 Å². The molecular formula is C24H28N8O. The highest BCUT2D eigenvalue weighted by atomic mass is 16.5. The van der Waals surface area contributed by atoms with Gasteiger partial charge < -0.3 is 20.3 Å². The number of methoxy groups -OCH3 is 1. The van der Waals surface area contributed by atoms with E-state index in [4.69, 9.17) is 25.5 Å². The van der Waals surface area contributed by atoms with Gasteiger partial charge in [-0.1, -0.05) is 12.1 Å². The topological polar surface area (TPSA) is 97.7 Å². The van der Waals surface area contributed by atoms with Crippen LogP contribution in [0.3, 0.4) is 0 Å². The van der Waals surface area contributed by atoms with E-state index in [1.807, 2.05) is 24.4 Å². The first-order valence-electron chi connectivity index (χ1n) is 11.5. The summed E-state index contributed by atoms with van der Waals surface area (Å²) in [5.74, 6) is 3.71. The number of aromatic nitrogens is 5. The average Bonchev–Trinajstić information content (AvgIpc) is 3.25. The fourth-order valence-corrected chi connectivity index (χ4v) is 4.94. The minimum Gasteiger partial charge on any atom is -0.494 e. The number of ether oxygens (including phenoxy) is 1. The fourth-order valence-electron chi connectivity index (χ4n) is 4.94. The van der Waals surface area contributed by atoms with Crippen LogP contribution in [0.2, 0.25) is 0 Å². The number of rotatable bonds is 4. The summed E-state index contributed by atoms with van der Waals surface area (Å²) in [5.41, 5.74) is 8.93. The van der Waals surface area contributed by atoms with Gasteiger partial charge in [-0.05, 0) is 49.6 Å². The predicted molar refractivity (Wildman–Crippen MR) is 128 cm³/mol. The standard InChI is InChI=1S/C24H28N8O/c1-30-8-10-31(11-9-30)20-7-6-15(14-26-20)16-12-17(13-16)22-28-23-18-4-3-5-19(33-2)21(18)27-24(25)32(23)29-22/h3-7,14,16-17H,8-13H2,1-2H3,(H2,25,27)/t16-,17+. The number of benzene rings is 1. The van der Waals surface area contributed by atoms with Crippen molar-refractivity contribution in [1.29, 1.82) is 0 Å². The molecule has 4 heterocycles. The first-order valence-corrected chi connectivity index (χ1v) is 11.5. The lowest BCUT2D eigenvalue weighted by molar-refractivity contribution is 0.312. The molecule has 0 radical (unpaired) electrons. The summed E-state index contributed by atoms with van der Waals surface area (Å²) >= 11 is 0. The number of likely N-dealkylation sites (N-methyl/N-ethyl adjacent to an activating group) is 1. The third kappa shape index (κ3) is 3.43. The van der Waals surface area contributed by atoms with Crippen LogP contribution in [0, 0.1) is 0 Å². The van der Waals surface area contributed by atoms with Crippen LogP contribution in [0.15, 0.2) is 36.5 Å². The molecule has 2 fully saturated rings. The maximum Gasteiger partial charge on any atom is 0.223 e. The lowest BCUT2D eigenvalue weighted by atomic mass is 9.71. The van der Waals surface area contributed by atoms with Gasteiger partial charge in [-0.2, -0.15) is 4.52 Å². The zero-order chi connectivity index (χ0) is 22.5. The van der Waals surface area contributed by atoms with Crippen LogP contribution in [0.25, 0.3) is 16.6 Å². The normalized spacial score (nSPS) is 21.5. The third-order valence-corrected chi connectivity index (χ3v) is 7.10. The molecule has 6 rings (SSSR count). The van der Waals surface area contributed by atoms with Gasteiger partial charge in [-0.25, -0.2) is 15.0 Å². The summed E-state index contributed by atoms with van der Waals surface area (Å²) in [5, 5.41) is 5.59. The van der Waals surface area contributed by atoms with Crippen molar-refractivity contribution in [3.8, 4) is 5.75 Å². The maximum absolute atomic E-state index is 6.20. The molecule has 2 aliphatic rings. The molecular weight excluding hydrogens is 416 g/mol. The van der Waals surface area contributed by atoms with Crippen LogP contribution in [0.4, 0.5) is 11.8 Å². The van der Waals surface area contributed by atoms with Crippen molar-refractivity contribution in [2.45, 2.75) is 24.7 Å². The zero-order valence-corrected chi connectivity index (χ0v) is 19.0. The van der Waals surface area contributed by atoms with Crippen molar-refractivity contribution >= 4 is 28.3 Å². The number of nitrogens with zero attached hydrogens (tertiary/aromatic N) is 7. The molecule has 3 aromatic heterocycles. The van der Waals surface area contributed by atoms with E-state index in [0.29, 0.717) is 29.1 Å². The Bertz CT molecular complexity index is 1300. The van der Waals surface area contributed by atoms with Crippen molar-refractivity contribution in [2.75, 3.05) is 51.0 Å². The molecule has 1 saturated carbocycles. The van der Waals surface area contributed by atoms with Crippen LogP contribution >= 0.6 is 0 Å². The fraction of sp³-hybridized carbons (Fsp3) is 0.417. The van der Waals surface area contributed by atoms with Crippen LogP contribution in [-0.2, 0) is 0 Å². The number of piperazine rings is 1. The van der Waals surface area contributed by atoms with Crippen molar-refractivity contribution in [2.24, 2.45) is 0 Å². The molecule has 0 bridgehead atoms. The SMILES string of the molecule is COc1cccc2c1nc(N)n1nc([C@H]3C[C@@H](c4ccc(N5CCN(C)CC5)nc4)C3)nc21. The van der Waals surface area contributed by atoms with Crippen LogP contribution in [0.5, 0.6) is 5.75 Å². The Morgan fingerprint density at radius 1 is 1.00 bits per heavy atom. The van der Waals surface area contributed by atoms with Gasteiger partial charge in [-0.15, -0.1) is 5.10 Å². The van der Waals surface area contributed by atoms with E-state index in [0.717, 1.165) is 61.7 Å². The summed E-state index contributed by atoms with van der Waals surface area (Å²) in [6.45, 7) is 4.24. The van der Waals surface area contributed by atoms with E-state index in [1.165, 1.54) is 5.56 Å². The molecule has 1 aromatic carbocycles. The zero-order valence-electron chi connectivity index (χ0n) is 19.0. The number of nitrogen functional groups attached to an aromatic ring is 1. The lowest BCUT2D eigenvalue weighted by Crippen LogP contribution is -2.44. The summed E-state index contributed by atoms with van der Waals surface area (Å²) in [4.78, 5) is 18.8. The Kier molecular flexibility index (Phi) is 4.79. The first-order chi connectivity index (χ1) is 16.1. The van der Waals surface area contributed by atoms with Crippen molar-refractivity contribution < 1.29 is 4.74 Å². The monoisotopic (exact) mass is 444 g/mol. The molecule has 33 heavy (non-hydrogen) atoms. The average molecular weight is 445 g/mol. The molecule has 9 nitrogen and oxygen atoms in total. The molecule has 1 aliphatic carbocycles. The number of anilines is 2. The van der Waals surface area contributed by atoms with Gasteiger partial charge in [0, 0.05) is 43.7 Å². The number of fused-ring (bicyclic) bond motifs is 3. The quantitative estimate of drug-likeness (QED) is 0.513. The summed E-state index contributed by atoms with van der Waals surface area (Å²) in [6.07, 6.45) is 4.08. The number of nitrogens with two attached hydrogens (primary N) is 1. The van der Waals surface area contributed by atoms with Crippen molar-refractivity contribution in [3.63, 3.8) is 0 Å². The first kappa shape index (κ1) is 20.2. The van der Waals surface area contributed by atoms with Gasteiger partial charge in [0.15, 0.2) is 11.5 Å². The van der Waals surface area contributed by atoms with Crippen LogP contribution < -0.4 is 15.4 Å². The summed E-state index contributed by atoms with van der Waals surface area (Å²) in [6, 6.07) is 10.2. The highest BCUT2D eigenvalue weighted by molar-refractivity contribution is 5.95. The highest BCUT2D eigenvalue weighted by Crippen LogP contribution is 2.46. The van der Waals surface area contributed by atoms with Crippen molar-refractivity contribution in [1.82, 2.24) is 29.5 Å². The van der Waals surface area contributed by atoms with Gasteiger partial charge in [0.05, 0.1) is 7.11 Å². The molecule has 0 unspecified atom stereocenters. The molecule has 0 amide bonds. The van der Waals surface area contributed by atoms with Crippen LogP contribution in [-0.4, -0.2) is 69.8 Å².